The van der Waals surface area contributed by atoms with Gasteiger partial charge in [-0.25, -0.2) is 0 Å². The molecule has 0 amide bonds. The lowest BCUT2D eigenvalue weighted by atomic mass is 10.1. The Balaban J connectivity index is 4.13. The van der Waals surface area contributed by atoms with Gasteiger partial charge >= 0.3 is 0 Å². The number of hydrogen-bond acceptors (Lipinski definition) is 0. The van der Waals surface area contributed by atoms with E-state index in [4.69, 9.17) is 6.42 Å². The van der Waals surface area contributed by atoms with Crippen LogP contribution in [0.4, 0.5) is 0 Å². The van der Waals surface area contributed by atoms with E-state index in [0.717, 1.165) is 5.57 Å². The highest BCUT2D eigenvalue weighted by molar-refractivity contribution is 5.26. The zero-order valence-corrected chi connectivity index (χ0v) is 6.30. The topological polar surface area (TPSA) is 0 Å². The van der Waals surface area contributed by atoms with Crippen molar-refractivity contribution in [1.82, 2.24) is 0 Å². The van der Waals surface area contributed by atoms with E-state index in [2.05, 4.69) is 12.5 Å². The van der Waals surface area contributed by atoms with Crippen LogP contribution in [0.15, 0.2) is 36.5 Å². The summed E-state index contributed by atoms with van der Waals surface area (Å²) in [6, 6.07) is 0. The van der Waals surface area contributed by atoms with E-state index in [1.165, 1.54) is 0 Å². The van der Waals surface area contributed by atoms with Crippen molar-refractivity contribution in [2.75, 3.05) is 0 Å². The van der Waals surface area contributed by atoms with Gasteiger partial charge in [0.15, 0.2) is 0 Å². The van der Waals surface area contributed by atoms with E-state index in [9.17, 15) is 0 Å². The molecule has 0 heterocycles. The van der Waals surface area contributed by atoms with Crippen LogP contribution in [0.3, 0.4) is 0 Å². The second-order valence-corrected chi connectivity index (χ2v) is 1.86. The average Bonchev–Trinajstić information content (AvgIpc) is 1.90. The molecule has 0 unspecified atom stereocenters. The van der Waals surface area contributed by atoms with Crippen LogP contribution in [-0.4, -0.2) is 0 Å². The summed E-state index contributed by atoms with van der Waals surface area (Å²) < 4.78 is 0. The van der Waals surface area contributed by atoms with Crippen LogP contribution in [0.2, 0.25) is 0 Å². The van der Waals surface area contributed by atoms with Crippen molar-refractivity contribution in [2.24, 2.45) is 0 Å². The van der Waals surface area contributed by atoms with Crippen molar-refractivity contribution < 1.29 is 0 Å². The third kappa shape index (κ3) is 3.74. The lowest BCUT2D eigenvalue weighted by molar-refractivity contribution is 1.34. The molecule has 0 aliphatic carbocycles. The SMILES string of the molecule is C#CCC(/C=C\C)=C/C=C. The quantitative estimate of drug-likeness (QED) is 0.409. The van der Waals surface area contributed by atoms with Crippen LogP contribution < -0.4 is 0 Å². The van der Waals surface area contributed by atoms with Gasteiger partial charge in [0.25, 0.3) is 0 Å². The Bertz CT molecular complexity index is 187. The third-order valence-corrected chi connectivity index (χ3v) is 1.02. The minimum absolute atomic E-state index is 0.677. The van der Waals surface area contributed by atoms with Gasteiger partial charge in [-0.15, -0.1) is 12.3 Å². The molecule has 0 aromatic heterocycles. The van der Waals surface area contributed by atoms with Gasteiger partial charge in [0.05, 0.1) is 0 Å². The van der Waals surface area contributed by atoms with E-state index >= 15 is 0 Å². The first-order valence-corrected chi connectivity index (χ1v) is 3.23. The molecule has 0 rings (SSSR count). The van der Waals surface area contributed by atoms with Gasteiger partial charge in [0.2, 0.25) is 0 Å². The molecule has 0 aromatic carbocycles. The van der Waals surface area contributed by atoms with Gasteiger partial charge in [0.1, 0.15) is 0 Å². The molecular formula is C10H12. The maximum absolute atomic E-state index is 5.13. The lowest BCUT2D eigenvalue weighted by Crippen LogP contribution is -1.72. The molecular weight excluding hydrogens is 120 g/mol. The molecule has 0 fully saturated rings. The minimum Gasteiger partial charge on any atom is -0.120 e. The predicted octanol–water partition coefficient (Wildman–Crippen LogP) is 2.70. The van der Waals surface area contributed by atoms with Crippen LogP contribution >= 0.6 is 0 Å². The van der Waals surface area contributed by atoms with Crippen molar-refractivity contribution in [3.8, 4) is 12.3 Å². The third-order valence-electron chi connectivity index (χ3n) is 1.02. The molecule has 0 aliphatic heterocycles. The Morgan fingerprint density at radius 3 is 2.80 bits per heavy atom. The molecule has 0 saturated carbocycles. The van der Waals surface area contributed by atoms with Gasteiger partial charge in [-0.2, -0.15) is 0 Å². The van der Waals surface area contributed by atoms with E-state index < -0.39 is 0 Å². The number of allylic oxidation sites excluding steroid dienone is 5. The monoisotopic (exact) mass is 132 g/mol. The van der Waals surface area contributed by atoms with Gasteiger partial charge in [-0.1, -0.05) is 30.9 Å². The molecule has 0 spiro atoms. The molecule has 10 heavy (non-hydrogen) atoms. The second kappa shape index (κ2) is 5.91. The van der Waals surface area contributed by atoms with Crippen molar-refractivity contribution in [3.63, 3.8) is 0 Å². The van der Waals surface area contributed by atoms with Crippen LogP contribution in [0.25, 0.3) is 0 Å². The zero-order valence-electron chi connectivity index (χ0n) is 6.30. The van der Waals surface area contributed by atoms with E-state index in [1.807, 2.05) is 25.2 Å². The first kappa shape index (κ1) is 8.78. The van der Waals surface area contributed by atoms with Crippen LogP contribution in [0.5, 0.6) is 0 Å². The number of terminal acetylenes is 1. The average molecular weight is 132 g/mol. The molecule has 0 atom stereocenters. The van der Waals surface area contributed by atoms with Crippen LogP contribution in [0, 0.1) is 12.3 Å². The largest absolute Gasteiger partial charge is 0.120 e. The lowest BCUT2D eigenvalue weighted by Gasteiger charge is -1.90. The Labute approximate surface area is 63.0 Å². The highest BCUT2D eigenvalue weighted by Crippen LogP contribution is 2.01. The smallest absolute Gasteiger partial charge is 0.0337 e. The summed E-state index contributed by atoms with van der Waals surface area (Å²) in [6.07, 6.45) is 13.4. The van der Waals surface area contributed by atoms with Gasteiger partial charge in [0, 0.05) is 6.42 Å². The van der Waals surface area contributed by atoms with E-state index in [0.29, 0.717) is 6.42 Å². The Hall–Kier alpha value is -1.22. The Kier molecular flexibility index (Phi) is 5.19. The fraction of sp³-hybridized carbons (Fsp3) is 0.200. The van der Waals surface area contributed by atoms with Crippen molar-refractivity contribution in [3.05, 3.63) is 36.5 Å². The Morgan fingerprint density at radius 1 is 1.70 bits per heavy atom. The molecule has 0 bridgehead atoms. The molecule has 52 valence electrons. The first-order chi connectivity index (χ1) is 4.85. The maximum Gasteiger partial charge on any atom is 0.0337 e. The highest BCUT2D eigenvalue weighted by Gasteiger charge is 1.83. The molecule has 0 heteroatoms. The summed E-state index contributed by atoms with van der Waals surface area (Å²) in [5.74, 6) is 2.57. The van der Waals surface area contributed by atoms with Gasteiger partial charge < -0.3 is 0 Å². The normalized spacial score (nSPS) is 11.4. The second-order valence-electron chi connectivity index (χ2n) is 1.86. The van der Waals surface area contributed by atoms with Crippen molar-refractivity contribution in [2.45, 2.75) is 13.3 Å². The highest BCUT2D eigenvalue weighted by atomic mass is 13.9. The maximum atomic E-state index is 5.13. The summed E-state index contributed by atoms with van der Waals surface area (Å²) in [7, 11) is 0. The molecule has 0 N–H and O–H groups in total. The molecule has 0 saturated heterocycles. The van der Waals surface area contributed by atoms with E-state index in [-0.39, 0.29) is 0 Å². The molecule has 0 aromatic rings. The zero-order chi connectivity index (χ0) is 7.82. The van der Waals surface area contributed by atoms with Gasteiger partial charge in [-0.05, 0) is 12.5 Å². The fourth-order valence-electron chi connectivity index (χ4n) is 0.657. The number of hydrogen-bond donors (Lipinski definition) is 0. The summed E-state index contributed by atoms with van der Waals surface area (Å²) in [4.78, 5) is 0. The van der Waals surface area contributed by atoms with Crippen molar-refractivity contribution in [1.29, 1.82) is 0 Å². The molecule has 0 radical (unpaired) electrons. The van der Waals surface area contributed by atoms with E-state index in [1.54, 1.807) is 6.08 Å². The van der Waals surface area contributed by atoms with Crippen LogP contribution in [-0.2, 0) is 0 Å². The summed E-state index contributed by atoms with van der Waals surface area (Å²) in [5, 5.41) is 0. The summed E-state index contributed by atoms with van der Waals surface area (Å²) >= 11 is 0. The first-order valence-electron chi connectivity index (χ1n) is 3.23. The number of rotatable bonds is 3. The Morgan fingerprint density at radius 2 is 2.40 bits per heavy atom. The minimum atomic E-state index is 0.677. The van der Waals surface area contributed by atoms with Gasteiger partial charge in [-0.3, -0.25) is 0 Å². The molecule has 0 aliphatic rings. The molecule has 0 nitrogen and oxygen atoms in total. The fourth-order valence-corrected chi connectivity index (χ4v) is 0.657. The standard InChI is InChI=1S/C10H12/c1-4-7-10(8-5-2)9-6-3/h1,5-6,8-9H,2,7H2,3H3/b9-6-,10-8-. The van der Waals surface area contributed by atoms with Crippen molar-refractivity contribution >= 4 is 0 Å². The predicted molar refractivity (Wildman–Crippen MR) is 46.5 cm³/mol. The summed E-state index contributed by atoms with van der Waals surface area (Å²) in [5.41, 5.74) is 1.12. The van der Waals surface area contributed by atoms with Crippen LogP contribution in [0.1, 0.15) is 13.3 Å². The summed E-state index contributed by atoms with van der Waals surface area (Å²) in [6.45, 7) is 5.55.